The van der Waals surface area contributed by atoms with Crippen LogP contribution in [-0.4, -0.2) is 6.54 Å². The van der Waals surface area contributed by atoms with Crippen LogP contribution in [0.25, 0.3) is 0 Å². The number of hydrogen-bond donors (Lipinski definition) is 1. The van der Waals surface area contributed by atoms with Crippen molar-refractivity contribution >= 4 is 0 Å². The van der Waals surface area contributed by atoms with Crippen LogP contribution in [0.4, 0.5) is 0 Å². The van der Waals surface area contributed by atoms with E-state index >= 15 is 0 Å². The molecule has 1 aromatic carbocycles. The second-order valence-corrected chi connectivity index (χ2v) is 5.93. The second kappa shape index (κ2) is 4.81. The normalized spacial score (nSPS) is 22.2. The monoisotopic (exact) mass is 229 g/mol. The van der Waals surface area contributed by atoms with Gasteiger partial charge in [0.2, 0.25) is 0 Å². The maximum atomic E-state index is 3.82. The van der Waals surface area contributed by atoms with E-state index in [1.165, 1.54) is 49.8 Å². The van der Waals surface area contributed by atoms with Gasteiger partial charge in [-0.3, -0.25) is 0 Å². The molecule has 1 aromatic rings. The first kappa shape index (κ1) is 11.3. The molecule has 2 aliphatic rings. The molecule has 0 spiro atoms. The lowest BCUT2D eigenvalue weighted by molar-refractivity contribution is 0.283. The molecule has 0 heterocycles. The van der Waals surface area contributed by atoms with Crippen molar-refractivity contribution in [2.24, 2.45) is 11.8 Å². The van der Waals surface area contributed by atoms with Gasteiger partial charge in [0, 0.05) is 6.04 Å². The molecule has 1 nitrogen and oxygen atoms in total. The molecule has 2 saturated carbocycles. The Hall–Kier alpha value is -0.820. The quantitative estimate of drug-likeness (QED) is 0.809. The molecule has 2 aliphatic carbocycles. The maximum absolute atomic E-state index is 3.82. The van der Waals surface area contributed by atoms with Crippen molar-refractivity contribution in [3.05, 3.63) is 35.4 Å². The van der Waals surface area contributed by atoms with Gasteiger partial charge in [0.25, 0.3) is 0 Å². The predicted octanol–water partition coefficient (Wildman–Crippen LogP) is 3.84. The van der Waals surface area contributed by atoms with Crippen LogP contribution in [-0.2, 0) is 0 Å². The zero-order valence-electron chi connectivity index (χ0n) is 10.8. The minimum Gasteiger partial charge on any atom is -0.309 e. The molecule has 0 radical (unpaired) electrons. The second-order valence-electron chi connectivity index (χ2n) is 5.93. The Kier molecular flexibility index (Phi) is 3.19. The molecule has 3 rings (SSSR count). The smallest absolute Gasteiger partial charge is 0.0348 e. The molecule has 17 heavy (non-hydrogen) atoms. The molecule has 92 valence electrons. The van der Waals surface area contributed by atoms with Crippen LogP contribution < -0.4 is 5.32 Å². The Labute approximate surface area is 105 Å². The van der Waals surface area contributed by atoms with E-state index in [0.29, 0.717) is 6.04 Å². The fraction of sp³-hybridized carbons (Fsp3) is 0.625. The van der Waals surface area contributed by atoms with Crippen LogP contribution in [0.5, 0.6) is 0 Å². The highest BCUT2D eigenvalue weighted by Crippen LogP contribution is 2.41. The van der Waals surface area contributed by atoms with Gasteiger partial charge in [0.1, 0.15) is 0 Å². The Morgan fingerprint density at radius 3 is 2.35 bits per heavy atom. The average Bonchev–Trinajstić information content (AvgIpc) is 3.07. The summed E-state index contributed by atoms with van der Waals surface area (Å²) in [5.41, 5.74) is 2.86. The van der Waals surface area contributed by atoms with Gasteiger partial charge in [-0.2, -0.15) is 0 Å². The molecule has 1 N–H and O–H groups in total. The fourth-order valence-corrected chi connectivity index (χ4v) is 2.75. The number of aryl methyl sites for hydroxylation is 1. The topological polar surface area (TPSA) is 12.0 Å². The van der Waals surface area contributed by atoms with Crippen molar-refractivity contribution in [2.75, 3.05) is 6.54 Å². The molecule has 0 amide bonds. The summed E-state index contributed by atoms with van der Waals surface area (Å²) in [5.74, 6) is 1.86. The lowest BCUT2D eigenvalue weighted by Gasteiger charge is -2.28. The lowest BCUT2D eigenvalue weighted by Crippen LogP contribution is -2.31. The summed E-state index contributed by atoms with van der Waals surface area (Å²) in [5, 5.41) is 3.82. The first-order chi connectivity index (χ1) is 8.33. The molecule has 1 atom stereocenters. The van der Waals surface area contributed by atoms with Gasteiger partial charge < -0.3 is 5.32 Å². The van der Waals surface area contributed by atoms with Crippen LogP contribution >= 0.6 is 0 Å². The van der Waals surface area contributed by atoms with Crippen LogP contribution in [0.3, 0.4) is 0 Å². The number of benzene rings is 1. The van der Waals surface area contributed by atoms with Gasteiger partial charge in [0.15, 0.2) is 0 Å². The van der Waals surface area contributed by atoms with Crippen LogP contribution in [0.15, 0.2) is 24.3 Å². The van der Waals surface area contributed by atoms with E-state index in [2.05, 4.69) is 36.5 Å². The summed E-state index contributed by atoms with van der Waals surface area (Å²) in [6.07, 6.45) is 7.16. The van der Waals surface area contributed by atoms with Crippen LogP contribution in [0, 0.1) is 18.8 Å². The van der Waals surface area contributed by atoms with Gasteiger partial charge in [-0.05, 0) is 56.6 Å². The standard InChI is InChI=1S/C16H23N/c1-12-5-7-14(8-6-12)16(15-9-10-15)17-11-13-3-2-4-13/h5-8,13,15-17H,2-4,9-11H2,1H3. The fourth-order valence-electron chi connectivity index (χ4n) is 2.75. The molecule has 0 saturated heterocycles. The third-order valence-corrected chi connectivity index (χ3v) is 4.38. The van der Waals surface area contributed by atoms with Crippen molar-refractivity contribution < 1.29 is 0 Å². The number of rotatable bonds is 5. The van der Waals surface area contributed by atoms with E-state index in [9.17, 15) is 0 Å². The van der Waals surface area contributed by atoms with Gasteiger partial charge in [-0.1, -0.05) is 36.2 Å². The molecule has 1 heteroatoms. The molecule has 2 fully saturated rings. The van der Waals surface area contributed by atoms with Crippen LogP contribution in [0.2, 0.25) is 0 Å². The average molecular weight is 229 g/mol. The summed E-state index contributed by atoms with van der Waals surface area (Å²) in [7, 11) is 0. The number of nitrogens with one attached hydrogen (secondary N) is 1. The van der Waals surface area contributed by atoms with Gasteiger partial charge in [-0.15, -0.1) is 0 Å². The van der Waals surface area contributed by atoms with Crippen molar-refractivity contribution in [3.63, 3.8) is 0 Å². The largest absolute Gasteiger partial charge is 0.309 e. The van der Waals surface area contributed by atoms with Crippen molar-refractivity contribution in [2.45, 2.75) is 45.1 Å². The van der Waals surface area contributed by atoms with E-state index in [1.54, 1.807) is 0 Å². The summed E-state index contributed by atoms with van der Waals surface area (Å²) >= 11 is 0. The third-order valence-electron chi connectivity index (χ3n) is 4.38. The Morgan fingerprint density at radius 1 is 1.12 bits per heavy atom. The molecular formula is C16H23N. The van der Waals surface area contributed by atoms with E-state index in [4.69, 9.17) is 0 Å². The Bertz CT molecular complexity index is 360. The highest BCUT2D eigenvalue weighted by Gasteiger charge is 2.32. The van der Waals surface area contributed by atoms with Crippen molar-refractivity contribution in [1.82, 2.24) is 5.32 Å². The molecule has 0 aromatic heterocycles. The first-order valence-corrected chi connectivity index (χ1v) is 7.13. The molecular weight excluding hydrogens is 206 g/mol. The van der Waals surface area contributed by atoms with Gasteiger partial charge in [0.05, 0.1) is 0 Å². The zero-order chi connectivity index (χ0) is 11.7. The number of hydrogen-bond acceptors (Lipinski definition) is 1. The third kappa shape index (κ3) is 2.71. The summed E-state index contributed by atoms with van der Waals surface area (Å²) in [6.45, 7) is 3.40. The van der Waals surface area contributed by atoms with E-state index in [1.807, 2.05) is 0 Å². The first-order valence-electron chi connectivity index (χ1n) is 7.13. The maximum Gasteiger partial charge on any atom is 0.0348 e. The molecule has 0 aliphatic heterocycles. The van der Waals surface area contributed by atoms with Crippen molar-refractivity contribution in [3.8, 4) is 0 Å². The van der Waals surface area contributed by atoms with Crippen molar-refractivity contribution in [1.29, 1.82) is 0 Å². The highest BCUT2D eigenvalue weighted by molar-refractivity contribution is 5.25. The summed E-state index contributed by atoms with van der Waals surface area (Å²) in [4.78, 5) is 0. The zero-order valence-corrected chi connectivity index (χ0v) is 10.8. The highest BCUT2D eigenvalue weighted by atomic mass is 14.9. The lowest BCUT2D eigenvalue weighted by atomic mass is 9.85. The Balaban J connectivity index is 1.64. The Morgan fingerprint density at radius 2 is 1.82 bits per heavy atom. The molecule has 0 bridgehead atoms. The summed E-state index contributed by atoms with van der Waals surface area (Å²) < 4.78 is 0. The van der Waals surface area contributed by atoms with E-state index in [0.717, 1.165) is 11.8 Å². The minimum atomic E-state index is 0.621. The van der Waals surface area contributed by atoms with Gasteiger partial charge >= 0.3 is 0 Å². The van der Waals surface area contributed by atoms with E-state index < -0.39 is 0 Å². The van der Waals surface area contributed by atoms with Gasteiger partial charge in [-0.25, -0.2) is 0 Å². The summed E-state index contributed by atoms with van der Waals surface area (Å²) in [6, 6.07) is 9.74. The SMILES string of the molecule is Cc1ccc(C(NCC2CCC2)C2CC2)cc1. The molecule has 1 unspecified atom stereocenters. The minimum absolute atomic E-state index is 0.621. The van der Waals surface area contributed by atoms with E-state index in [-0.39, 0.29) is 0 Å². The van der Waals surface area contributed by atoms with Crippen LogP contribution in [0.1, 0.15) is 49.3 Å². The predicted molar refractivity (Wildman–Crippen MR) is 72.0 cm³/mol.